The Morgan fingerprint density at radius 3 is 2.52 bits per heavy atom. The first-order valence-electron chi connectivity index (χ1n) is 8.82. The fraction of sp³-hybridized carbons (Fsp3) is 0.368. The van der Waals surface area contributed by atoms with Crippen molar-refractivity contribution in [2.24, 2.45) is 0 Å². The number of piperazine rings is 1. The van der Waals surface area contributed by atoms with E-state index in [-0.39, 0.29) is 17.4 Å². The number of methoxy groups -OCH3 is 1. The van der Waals surface area contributed by atoms with Gasteiger partial charge in [-0.2, -0.15) is 0 Å². The van der Waals surface area contributed by atoms with Gasteiger partial charge >= 0.3 is 0 Å². The highest BCUT2D eigenvalue weighted by Gasteiger charge is 2.22. The highest BCUT2D eigenvalue weighted by atomic mass is 16.7. The average Bonchev–Trinajstić information content (AvgIpc) is 3.16. The van der Waals surface area contributed by atoms with E-state index in [1.54, 1.807) is 19.2 Å². The number of nitrogens with zero attached hydrogens (tertiary/aromatic N) is 3. The van der Waals surface area contributed by atoms with Crippen LogP contribution in [-0.4, -0.2) is 49.9 Å². The predicted molar refractivity (Wildman–Crippen MR) is 99.7 cm³/mol. The van der Waals surface area contributed by atoms with Crippen molar-refractivity contribution in [2.75, 3.05) is 45.0 Å². The maximum atomic E-state index is 10.8. The Morgan fingerprint density at radius 1 is 1.11 bits per heavy atom. The van der Waals surface area contributed by atoms with Crippen molar-refractivity contribution < 1.29 is 19.1 Å². The van der Waals surface area contributed by atoms with Crippen LogP contribution >= 0.6 is 0 Å². The average molecular weight is 371 g/mol. The molecule has 0 N–H and O–H groups in total. The van der Waals surface area contributed by atoms with E-state index in [1.807, 2.05) is 24.3 Å². The normalized spacial score (nSPS) is 16.4. The Bertz CT molecular complexity index is 832. The molecule has 1 saturated heterocycles. The highest BCUT2D eigenvalue weighted by molar-refractivity contribution is 5.55. The van der Waals surface area contributed by atoms with Crippen LogP contribution in [0.2, 0.25) is 0 Å². The summed E-state index contributed by atoms with van der Waals surface area (Å²) in [5, 5.41) is 10.8. The Balaban J connectivity index is 1.38. The zero-order valence-corrected chi connectivity index (χ0v) is 15.1. The molecule has 27 heavy (non-hydrogen) atoms. The molecular weight excluding hydrogens is 350 g/mol. The lowest BCUT2D eigenvalue weighted by molar-refractivity contribution is -0.384. The lowest BCUT2D eigenvalue weighted by atomic mass is 10.1. The molecule has 0 unspecified atom stereocenters. The van der Waals surface area contributed by atoms with Crippen molar-refractivity contribution in [2.45, 2.75) is 6.54 Å². The third-order valence-electron chi connectivity index (χ3n) is 4.92. The van der Waals surface area contributed by atoms with E-state index in [4.69, 9.17) is 14.2 Å². The minimum absolute atomic E-state index is 0.120. The van der Waals surface area contributed by atoms with Gasteiger partial charge in [-0.05, 0) is 29.8 Å². The topological polar surface area (TPSA) is 77.3 Å². The number of rotatable bonds is 5. The monoisotopic (exact) mass is 371 g/mol. The quantitative estimate of drug-likeness (QED) is 0.591. The van der Waals surface area contributed by atoms with Gasteiger partial charge in [-0.1, -0.05) is 0 Å². The SMILES string of the molecule is COc1cc(CN2CCN(c3ccc([N+](=O)[O-])cc3)CC2)cc2c1OCO2. The van der Waals surface area contributed by atoms with Crippen LogP contribution in [0, 0.1) is 10.1 Å². The number of ether oxygens (including phenoxy) is 3. The molecule has 2 aromatic carbocycles. The highest BCUT2D eigenvalue weighted by Crippen LogP contribution is 2.42. The van der Waals surface area contributed by atoms with Gasteiger partial charge in [0.05, 0.1) is 12.0 Å². The second kappa shape index (κ2) is 7.32. The molecule has 2 aliphatic rings. The summed E-state index contributed by atoms with van der Waals surface area (Å²) >= 11 is 0. The first-order chi connectivity index (χ1) is 13.1. The van der Waals surface area contributed by atoms with E-state index in [0.29, 0.717) is 11.5 Å². The van der Waals surface area contributed by atoms with Gasteiger partial charge in [0, 0.05) is 50.5 Å². The molecule has 2 aliphatic heterocycles. The van der Waals surface area contributed by atoms with Crippen LogP contribution in [-0.2, 0) is 6.54 Å². The molecule has 2 heterocycles. The summed E-state index contributed by atoms with van der Waals surface area (Å²) in [6, 6.07) is 10.7. The molecule has 0 bridgehead atoms. The van der Waals surface area contributed by atoms with Gasteiger partial charge in [0.15, 0.2) is 11.5 Å². The van der Waals surface area contributed by atoms with Crippen molar-refractivity contribution in [1.82, 2.24) is 4.90 Å². The van der Waals surface area contributed by atoms with Gasteiger partial charge in [0.1, 0.15) is 0 Å². The molecule has 0 saturated carbocycles. The summed E-state index contributed by atoms with van der Waals surface area (Å²) in [7, 11) is 1.63. The summed E-state index contributed by atoms with van der Waals surface area (Å²) in [6.45, 7) is 4.60. The fourth-order valence-electron chi connectivity index (χ4n) is 3.48. The molecule has 4 rings (SSSR count). The summed E-state index contributed by atoms with van der Waals surface area (Å²) in [5.41, 5.74) is 2.26. The van der Waals surface area contributed by atoms with Crippen LogP contribution in [0.1, 0.15) is 5.56 Å². The summed E-state index contributed by atoms with van der Waals surface area (Å²) in [4.78, 5) is 15.0. The number of hydrogen-bond donors (Lipinski definition) is 0. The molecule has 0 radical (unpaired) electrons. The molecule has 0 atom stereocenters. The van der Waals surface area contributed by atoms with Crippen LogP contribution in [0.5, 0.6) is 17.2 Å². The molecule has 0 amide bonds. The van der Waals surface area contributed by atoms with Gasteiger partial charge < -0.3 is 19.1 Å². The molecule has 0 aromatic heterocycles. The fourth-order valence-corrected chi connectivity index (χ4v) is 3.48. The summed E-state index contributed by atoms with van der Waals surface area (Å²) in [6.07, 6.45) is 0. The lowest BCUT2D eigenvalue weighted by Gasteiger charge is -2.36. The molecule has 0 aliphatic carbocycles. The lowest BCUT2D eigenvalue weighted by Crippen LogP contribution is -2.45. The van der Waals surface area contributed by atoms with Crippen molar-refractivity contribution in [3.63, 3.8) is 0 Å². The minimum atomic E-state index is -0.374. The largest absolute Gasteiger partial charge is 0.493 e. The predicted octanol–water partition coefficient (Wildman–Crippen LogP) is 2.65. The molecule has 142 valence electrons. The van der Waals surface area contributed by atoms with E-state index in [2.05, 4.69) is 9.80 Å². The number of anilines is 1. The maximum Gasteiger partial charge on any atom is 0.269 e. The standard InChI is InChI=1S/C19H21N3O5/c1-25-17-10-14(11-18-19(17)27-13-26-18)12-20-6-8-21(9-7-20)15-2-4-16(5-3-15)22(23)24/h2-5,10-11H,6-9,12-13H2,1H3. The number of benzene rings is 2. The molecule has 8 heteroatoms. The van der Waals surface area contributed by atoms with Crippen LogP contribution in [0.15, 0.2) is 36.4 Å². The number of hydrogen-bond acceptors (Lipinski definition) is 7. The maximum absolute atomic E-state index is 10.8. The van der Waals surface area contributed by atoms with Crippen LogP contribution in [0.25, 0.3) is 0 Å². The van der Waals surface area contributed by atoms with Crippen molar-refractivity contribution in [1.29, 1.82) is 0 Å². The molecule has 1 fully saturated rings. The first kappa shape index (κ1) is 17.4. The molecular formula is C19H21N3O5. The van der Waals surface area contributed by atoms with E-state index < -0.39 is 0 Å². The zero-order chi connectivity index (χ0) is 18.8. The van der Waals surface area contributed by atoms with Crippen LogP contribution in [0.4, 0.5) is 11.4 Å². The Hall–Kier alpha value is -3.00. The van der Waals surface area contributed by atoms with Crippen molar-refractivity contribution >= 4 is 11.4 Å². The molecule has 8 nitrogen and oxygen atoms in total. The Kier molecular flexibility index (Phi) is 4.72. The third-order valence-corrected chi connectivity index (χ3v) is 4.92. The summed E-state index contributed by atoms with van der Waals surface area (Å²) < 4.78 is 16.3. The molecule has 0 spiro atoms. The van der Waals surface area contributed by atoms with Gasteiger partial charge in [-0.15, -0.1) is 0 Å². The third kappa shape index (κ3) is 3.61. The van der Waals surface area contributed by atoms with E-state index in [1.165, 1.54) is 0 Å². The van der Waals surface area contributed by atoms with Gasteiger partial charge in [-0.25, -0.2) is 0 Å². The number of nitro benzene ring substituents is 1. The van der Waals surface area contributed by atoms with Crippen molar-refractivity contribution in [3.05, 3.63) is 52.1 Å². The van der Waals surface area contributed by atoms with E-state index in [9.17, 15) is 10.1 Å². The summed E-state index contributed by atoms with van der Waals surface area (Å²) in [5.74, 6) is 2.10. The van der Waals surface area contributed by atoms with Crippen LogP contribution < -0.4 is 19.1 Å². The number of fused-ring (bicyclic) bond motifs is 1. The van der Waals surface area contributed by atoms with Crippen LogP contribution in [0.3, 0.4) is 0 Å². The Morgan fingerprint density at radius 2 is 1.85 bits per heavy atom. The van der Waals surface area contributed by atoms with Crippen molar-refractivity contribution in [3.8, 4) is 17.2 Å². The minimum Gasteiger partial charge on any atom is -0.493 e. The zero-order valence-electron chi connectivity index (χ0n) is 15.1. The van der Waals surface area contributed by atoms with E-state index in [0.717, 1.165) is 49.7 Å². The second-order valence-corrected chi connectivity index (χ2v) is 6.57. The van der Waals surface area contributed by atoms with Gasteiger partial charge in [0.2, 0.25) is 12.5 Å². The number of non-ortho nitro benzene ring substituents is 1. The molecule has 2 aromatic rings. The van der Waals surface area contributed by atoms with Gasteiger partial charge in [0.25, 0.3) is 5.69 Å². The Labute approximate surface area is 157 Å². The van der Waals surface area contributed by atoms with E-state index >= 15 is 0 Å². The first-order valence-corrected chi connectivity index (χ1v) is 8.82. The number of nitro groups is 1. The smallest absolute Gasteiger partial charge is 0.269 e. The van der Waals surface area contributed by atoms with Gasteiger partial charge in [-0.3, -0.25) is 15.0 Å². The second-order valence-electron chi connectivity index (χ2n) is 6.57.